The van der Waals surface area contributed by atoms with Crippen molar-refractivity contribution in [2.24, 2.45) is 0 Å². The average molecular weight is 244 g/mol. The molecule has 0 fully saturated rings. The average Bonchev–Trinajstić information content (AvgIpc) is 2.16. The number of halogens is 1. The molecule has 1 aromatic carbocycles. The van der Waals surface area contributed by atoms with Crippen LogP contribution in [0.3, 0.4) is 0 Å². The van der Waals surface area contributed by atoms with Gasteiger partial charge in [0.15, 0.2) is 0 Å². The van der Waals surface area contributed by atoms with E-state index in [4.69, 9.17) is 11.6 Å². The summed E-state index contributed by atoms with van der Waals surface area (Å²) in [5.74, 6) is 0.504. The minimum absolute atomic E-state index is 0.0601. The minimum atomic E-state index is 0.0601. The van der Waals surface area contributed by atoms with Crippen molar-refractivity contribution in [1.29, 1.82) is 0 Å². The van der Waals surface area contributed by atoms with Gasteiger partial charge in [0.2, 0.25) is 5.91 Å². The third kappa shape index (κ3) is 5.09. The van der Waals surface area contributed by atoms with Crippen LogP contribution in [0.5, 0.6) is 0 Å². The second-order valence-electron chi connectivity index (χ2n) is 3.46. The van der Waals surface area contributed by atoms with Gasteiger partial charge in [0.25, 0.3) is 0 Å². The van der Waals surface area contributed by atoms with E-state index in [2.05, 4.69) is 5.32 Å². The number of benzene rings is 1. The quantitative estimate of drug-likeness (QED) is 0.824. The molecule has 15 heavy (non-hydrogen) atoms. The summed E-state index contributed by atoms with van der Waals surface area (Å²) in [5.41, 5.74) is 0. The van der Waals surface area contributed by atoms with Gasteiger partial charge in [-0.15, -0.1) is 11.8 Å². The second kappa shape index (κ2) is 6.03. The van der Waals surface area contributed by atoms with Crippen LogP contribution >= 0.6 is 23.4 Å². The molecule has 0 saturated carbocycles. The topological polar surface area (TPSA) is 29.1 Å². The first kappa shape index (κ1) is 12.4. The first-order chi connectivity index (χ1) is 7.08. The molecular formula is C11H14ClNOS. The van der Waals surface area contributed by atoms with Crippen LogP contribution < -0.4 is 5.32 Å². The Morgan fingerprint density at radius 1 is 1.40 bits per heavy atom. The minimum Gasteiger partial charge on any atom is -0.353 e. The Bertz CT molecular complexity index is 324. The van der Waals surface area contributed by atoms with Crippen molar-refractivity contribution >= 4 is 29.3 Å². The molecule has 0 aliphatic heterocycles. The van der Waals surface area contributed by atoms with Gasteiger partial charge in [-0.3, -0.25) is 4.79 Å². The van der Waals surface area contributed by atoms with E-state index in [1.54, 1.807) is 0 Å². The summed E-state index contributed by atoms with van der Waals surface area (Å²) in [6.45, 7) is 3.90. The molecule has 0 bridgehead atoms. The highest BCUT2D eigenvalue weighted by atomic mass is 35.5. The lowest BCUT2D eigenvalue weighted by Crippen LogP contribution is -2.31. The Morgan fingerprint density at radius 3 is 2.53 bits per heavy atom. The van der Waals surface area contributed by atoms with Crippen molar-refractivity contribution in [1.82, 2.24) is 5.32 Å². The fraction of sp³-hybridized carbons (Fsp3) is 0.364. The SMILES string of the molecule is CC(C)NC(=O)CSc1ccc(Cl)cc1. The molecule has 0 aliphatic carbocycles. The zero-order valence-corrected chi connectivity index (χ0v) is 10.4. The lowest BCUT2D eigenvalue weighted by atomic mass is 10.4. The zero-order chi connectivity index (χ0) is 11.3. The van der Waals surface area contributed by atoms with E-state index in [0.717, 1.165) is 4.90 Å². The summed E-state index contributed by atoms with van der Waals surface area (Å²) in [4.78, 5) is 12.4. The Balaban J connectivity index is 2.37. The molecule has 1 N–H and O–H groups in total. The van der Waals surface area contributed by atoms with Crippen molar-refractivity contribution in [2.75, 3.05) is 5.75 Å². The molecule has 0 atom stereocenters. The zero-order valence-electron chi connectivity index (χ0n) is 8.79. The smallest absolute Gasteiger partial charge is 0.230 e. The fourth-order valence-electron chi connectivity index (χ4n) is 1.04. The molecule has 0 aromatic heterocycles. The molecule has 82 valence electrons. The van der Waals surface area contributed by atoms with Crippen LogP contribution in [0.4, 0.5) is 0 Å². The number of nitrogens with one attached hydrogen (secondary N) is 1. The Hall–Kier alpha value is -0.670. The number of carbonyl (C=O) groups excluding carboxylic acids is 1. The van der Waals surface area contributed by atoms with Crippen LogP contribution in [0, 0.1) is 0 Å². The molecule has 1 aromatic rings. The lowest BCUT2D eigenvalue weighted by Gasteiger charge is -2.07. The molecule has 0 aliphatic rings. The first-order valence-corrected chi connectivity index (χ1v) is 6.12. The Labute approximate surface area is 99.4 Å². The number of hydrogen-bond donors (Lipinski definition) is 1. The summed E-state index contributed by atoms with van der Waals surface area (Å²) < 4.78 is 0. The van der Waals surface area contributed by atoms with Gasteiger partial charge in [0, 0.05) is 16.0 Å². The molecule has 0 heterocycles. The maximum atomic E-state index is 11.3. The van der Waals surface area contributed by atoms with Crippen LogP contribution in [-0.2, 0) is 4.79 Å². The number of amides is 1. The van der Waals surface area contributed by atoms with Crippen molar-refractivity contribution in [3.63, 3.8) is 0 Å². The largest absolute Gasteiger partial charge is 0.353 e. The third-order valence-corrected chi connectivity index (χ3v) is 2.90. The lowest BCUT2D eigenvalue weighted by molar-refractivity contribution is -0.119. The van der Waals surface area contributed by atoms with Gasteiger partial charge in [-0.25, -0.2) is 0 Å². The number of rotatable bonds is 4. The second-order valence-corrected chi connectivity index (χ2v) is 4.95. The highest BCUT2D eigenvalue weighted by Gasteiger charge is 2.03. The fourth-order valence-corrected chi connectivity index (χ4v) is 1.88. The van der Waals surface area contributed by atoms with Crippen molar-refractivity contribution in [3.05, 3.63) is 29.3 Å². The Kier molecular flexibility index (Phi) is 4.99. The molecule has 1 amide bonds. The van der Waals surface area contributed by atoms with Gasteiger partial charge >= 0.3 is 0 Å². The van der Waals surface area contributed by atoms with Crippen LogP contribution in [0.15, 0.2) is 29.2 Å². The summed E-state index contributed by atoms with van der Waals surface area (Å²) >= 11 is 7.26. The van der Waals surface area contributed by atoms with Gasteiger partial charge in [-0.1, -0.05) is 11.6 Å². The maximum Gasteiger partial charge on any atom is 0.230 e. The van der Waals surface area contributed by atoms with E-state index < -0.39 is 0 Å². The highest BCUT2D eigenvalue weighted by molar-refractivity contribution is 8.00. The van der Waals surface area contributed by atoms with Crippen molar-refractivity contribution in [2.45, 2.75) is 24.8 Å². The van der Waals surface area contributed by atoms with Gasteiger partial charge in [0.05, 0.1) is 5.75 Å². The van der Waals surface area contributed by atoms with Crippen LogP contribution in [0.2, 0.25) is 5.02 Å². The molecular weight excluding hydrogens is 230 g/mol. The van der Waals surface area contributed by atoms with Crippen molar-refractivity contribution in [3.8, 4) is 0 Å². The van der Waals surface area contributed by atoms with E-state index in [0.29, 0.717) is 10.8 Å². The molecule has 2 nitrogen and oxygen atoms in total. The molecule has 0 saturated heterocycles. The van der Waals surface area contributed by atoms with Crippen LogP contribution in [0.1, 0.15) is 13.8 Å². The summed E-state index contributed by atoms with van der Waals surface area (Å²) in [6.07, 6.45) is 0. The Morgan fingerprint density at radius 2 is 2.00 bits per heavy atom. The predicted octanol–water partition coefficient (Wildman–Crippen LogP) is 2.96. The van der Waals surface area contributed by atoms with Crippen LogP contribution in [0.25, 0.3) is 0 Å². The van der Waals surface area contributed by atoms with E-state index >= 15 is 0 Å². The van der Waals surface area contributed by atoms with E-state index in [9.17, 15) is 4.79 Å². The maximum absolute atomic E-state index is 11.3. The summed E-state index contributed by atoms with van der Waals surface area (Å²) in [7, 11) is 0. The van der Waals surface area contributed by atoms with E-state index in [1.165, 1.54) is 11.8 Å². The monoisotopic (exact) mass is 243 g/mol. The standard InChI is InChI=1S/C11H14ClNOS/c1-8(2)13-11(14)7-15-10-5-3-9(12)4-6-10/h3-6,8H,7H2,1-2H3,(H,13,14). The molecule has 0 radical (unpaired) electrons. The number of thioether (sulfide) groups is 1. The summed E-state index contributed by atoms with van der Waals surface area (Å²) in [6, 6.07) is 7.67. The highest BCUT2D eigenvalue weighted by Crippen LogP contribution is 2.19. The normalized spacial score (nSPS) is 10.4. The third-order valence-electron chi connectivity index (χ3n) is 1.63. The molecule has 1 rings (SSSR count). The number of hydrogen-bond acceptors (Lipinski definition) is 2. The molecule has 0 spiro atoms. The predicted molar refractivity (Wildman–Crippen MR) is 65.5 cm³/mol. The van der Waals surface area contributed by atoms with Gasteiger partial charge < -0.3 is 5.32 Å². The van der Waals surface area contributed by atoms with Gasteiger partial charge in [0.1, 0.15) is 0 Å². The number of carbonyl (C=O) groups is 1. The van der Waals surface area contributed by atoms with Crippen LogP contribution in [-0.4, -0.2) is 17.7 Å². The molecule has 0 unspecified atom stereocenters. The van der Waals surface area contributed by atoms with E-state index in [-0.39, 0.29) is 11.9 Å². The first-order valence-electron chi connectivity index (χ1n) is 4.75. The van der Waals surface area contributed by atoms with Crippen molar-refractivity contribution < 1.29 is 4.79 Å². The van der Waals surface area contributed by atoms with Gasteiger partial charge in [-0.2, -0.15) is 0 Å². The summed E-state index contributed by atoms with van der Waals surface area (Å²) in [5, 5.41) is 3.55. The molecule has 4 heteroatoms. The van der Waals surface area contributed by atoms with E-state index in [1.807, 2.05) is 38.1 Å². The van der Waals surface area contributed by atoms with Gasteiger partial charge in [-0.05, 0) is 38.1 Å².